The van der Waals surface area contributed by atoms with E-state index in [1.165, 1.54) is 31.3 Å². The first kappa shape index (κ1) is 18.7. The Kier molecular flexibility index (Phi) is 6.75. The number of hydrogen-bond acceptors (Lipinski definition) is 7. The van der Waals surface area contributed by atoms with E-state index in [9.17, 15) is 14.0 Å². The first-order chi connectivity index (χ1) is 12.0. The second kappa shape index (κ2) is 9.02. The summed E-state index contributed by atoms with van der Waals surface area (Å²) in [4.78, 5) is 22.6. The van der Waals surface area contributed by atoms with Gasteiger partial charge in [0.15, 0.2) is 6.10 Å². The zero-order valence-electron chi connectivity index (χ0n) is 13.6. The average molecular weight is 368 g/mol. The zero-order chi connectivity index (χ0) is 18.2. The molecule has 0 spiro atoms. The lowest BCUT2D eigenvalue weighted by Gasteiger charge is -2.10. The van der Waals surface area contributed by atoms with E-state index in [-0.39, 0.29) is 41.0 Å². The standard InChI is InChI=1S/C15H17FN4O4S/c1-9(23-11-5-3-10(16)4-6-11)14-19-20-15(24-14)25-8-13(22)18-7-12(21)17-2/h3-6,9H,7-8H2,1-2H3,(H,17,21)(H,18,22)/t9-/m1/s1. The number of amides is 2. The molecule has 0 aliphatic heterocycles. The van der Waals surface area contributed by atoms with Crippen molar-refractivity contribution < 1.29 is 23.1 Å². The van der Waals surface area contributed by atoms with Gasteiger partial charge < -0.3 is 19.8 Å². The minimum absolute atomic E-state index is 0.0336. The molecule has 0 saturated carbocycles. The summed E-state index contributed by atoms with van der Waals surface area (Å²) in [7, 11) is 1.48. The van der Waals surface area contributed by atoms with Crippen LogP contribution in [0.4, 0.5) is 4.39 Å². The van der Waals surface area contributed by atoms with E-state index in [2.05, 4.69) is 20.8 Å². The van der Waals surface area contributed by atoms with Crippen LogP contribution in [0, 0.1) is 5.82 Å². The second-order valence-corrected chi connectivity index (χ2v) is 5.79. The molecule has 2 aromatic rings. The first-order valence-corrected chi connectivity index (χ1v) is 8.32. The van der Waals surface area contributed by atoms with Crippen molar-refractivity contribution in [2.45, 2.75) is 18.3 Å². The molecule has 25 heavy (non-hydrogen) atoms. The summed E-state index contributed by atoms with van der Waals surface area (Å²) in [5.41, 5.74) is 0. The van der Waals surface area contributed by atoms with Crippen LogP contribution in [-0.2, 0) is 9.59 Å². The Morgan fingerprint density at radius 2 is 2.00 bits per heavy atom. The first-order valence-electron chi connectivity index (χ1n) is 7.33. The van der Waals surface area contributed by atoms with Gasteiger partial charge in [0.2, 0.25) is 11.8 Å². The Morgan fingerprint density at radius 1 is 1.28 bits per heavy atom. The number of benzene rings is 1. The minimum Gasteiger partial charge on any atom is -0.481 e. The Balaban J connectivity index is 1.81. The van der Waals surface area contributed by atoms with Gasteiger partial charge >= 0.3 is 0 Å². The lowest BCUT2D eigenvalue weighted by Crippen LogP contribution is -2.35. The summed E-state index contributed by atoms with van der Waals surface area (Å²) >= 11 is 1.05. The molecule has 2 N–H and O–H groups in total. The van der Waals surface area contributed by atoms with Gasteiger partial charge in [-0.1, -0.05) is 11.8 Å². The number of carbonyl (C=O) groups excluding carboxylic acids is 2. The number of nitrogens with zero attached hydrogens (tertiary/aromatic N) is 2. The number of halogens is 1. The van der Waals surface area contributed by atoms with Gasteiger partial charge in [0.1, 0.15) is 11.6 Å². The number of thioether (sulfide) groups is 1. The zero-order valence-corrected chi connectivity index (χ0v) is 14.4. The van der Waals surface area contributed by atoms with E-state index in [0.29, 0.717) is 5.75 Å². The minimum atomic E-state index is -0.533. The normalized spacial score (nSPS) is 11.6. The maximum absolute atomic E-state index is 12.9. The predicted octanol–water partition coefficient (Wildman–Crippen LogP) is 1.30. The number of aromatic nitrogens is 2. The second-order valence-electron chi connectivity index (χ2n) is 4.86. The SMILES string of the molecule is CNC(=O)CNC(=O)CSc1nnc([C@@H](C)Oc2ccc(F)cc2)o1. The van der Waals surface area contributed by atoms with Gasteiger partial charge in [0.25, 0.3) is 11.1 Å². The number of likely N-dealkylation sites (N-methyl/N-ethyl adjacent to an activating group) is 1. The molecule has 1 aromatic carbocycles. The summed E-state index contributed by atoms with van der Waals surface area (Å²) in [6.07, 6.45) is -0.533. The van der Waals surface area contributed by atoms with Crippen LogP contribution in [0.2, 0.25) is 0 Å². The Labute approximate surface area is 147 Å². The Hall–Kier alpha value is -2.62. The van der Waals surface area contributed by atoms with Crippen LogP contribution in [0.3, 0.4) is 0 Å². The van der Waals surface area contributed by atoms with Gasteiger partial charge in [-0.15, -0.1) is 10.2 Å². The highest BCUT2D eigenvalue weighted by atomic mass is 32.2. The molecule has 134 valence electrons. The Morgan fingerprint density at radius 3 is 2.68 bits per heavy atom. The average Bonchev–Trinajstić information content (AvgIpc) is 3.09. The van der Waals surface area contributed by atoms with Crippen LogP contribution in [0.15, 0.2) is 33.9 Å². The van der Waals surface area contributed by atoms with Crippen molar-refractivity contribution in [1.82, 2.24) is 20.8 Å². The summed E-state index contributed by atoms with van der Waals surface area (Å²) in [5, 5.41) is 12.7. The predicted molar refractivity (Wildman–Crippen MR) is 87.5 cm³/mol. The van der Waals surface area contributed by atoms with E-state index in [0.717, 1.165) is 11.8 Å². The number of ether oxygens (including phenoxy) is 1. The molecule has 1 atom stereocenters. The quantitative estimate of drug-likeness (QED) is 0.677. The number of nitrogens with one attached hydrogen (secondary N) is 2. The monoisotopic (exact) mass is 368 g/mol. The fourth-order valence-corrected chi connectivity index (χ4v) is 2.26. The molecule has 0 unspecified atom stereocenters. The molecule has 1 aromatic heterocycles. The van der Waals surface area contributed by atoms with Crippen molar-refractivity contribution in [3.8, 4) is 5.75 Å². The molecular formula is C15H17FN4O4S. The van der Waals surface area contributed by atoms with Crippen LogP contribution in [0.5, 0.6) is 5.75 Å². The molecule has 0 bridgehead atoms. The van der Waals surface area contributed by atoms with Crippen LogP contribution < -0.4 is 15.4 Å². The largest absolute Gasteiger partial charge is 0.481 e. The van der Waals surface area contributed by atoms with Crippen LogP contribution >= 0.6 is 11.8 Å². The van der Waals surface area contributed by atoms with E-state index in [1.54, 1.807) is 6.92 Å². The van der Waals surface area contributed by atoms with Crippen molar-refractivity contribution in [3.63, 3.8) is 0 Å². The maximum Gasteiger partial charge on any atom is 0.277 e. The summed E-state index contributed by atoms with van der Waals surface area (Å²) in [6, 6.07) is 5.56. The Bertz CT molecular complexity index is 723. The summed E-state index contributed by atoms with van der Waals surface area (Å²) < 4.78 is 23.9. The van der Waals surface area contributed by atoms with Crippen molar-refractivity contribution in [1.29, 1.82) is 0 Å². The van der Waals surface area contributed by atoms with Gasteiger partial charge in [-0.2, -0.15) is 0 Å². The molecule has 1 heterocycles. The number of carbonyl (C=O) groups is 2. The van der Waals surface area contributed by atoms with E-state index >= 15 is 0 Å². The van der Waals surface area contributed by atoms with Crippen LogP contribution in [0.1, 0.15) is 18.9 Å². The van der Waals surface area contributed by atoms with Gasteiger partial charge in [0.05, 0.1) is 12.3 Å². The van der Waals surface area contributed by atoms with Gasteiger partial charge in [0, 0.05) is 7.05 Å². The third kappa shape index (κ3) is 6.07. The molecule has 2 amide bonds. The van der Waals surface area contributed by atoms with Crippen molar-refractivity contribution in [3.05, 3.63) is 36.0 Å². The van der Waals surface area contributed by atoms with E-state index < -0.39 is 6.10 Å². The third-order valence-corrected chi connectivity index (χ3v) is 3.77. The van der Waals surface area contributed by atoms with Crippen molar-refractivity contribution in [2.75, 3.05) is 19.3 Å². The molecule has 0 fully saturated rings. The molecule has 0 radical (unpaired) electrons. The highest BCUT2D eigenvalue weighted by Crippen LogP contribution is 2.23. The van der Waals surface area contributed by atoms with Crippen LogP contribution in [-0.4, -0.2) is 41.4 Å². The molecule has 0 aliphatic carbocycles. The molecule has 0 saturated heterocycles. The third-order valence-electron chi connectivity index (χ3n) is 2.95. The molecule has 2 rings (SSSR count). The number of rotatable bonds is 8. The van der Waals surface area contributed by atoms with Gasteiger partial charge in [-0.25, -0.2) is 4.39 Å². The van der Waals surface area contributed by atoms with E-state index in [1.807, 2.05) is 0 Å². The molecule has 10 heteroatoms. The molecular weight excluding hydrogens is 351 g/mol. The van der Waals surface area contributed by atoms with Crippen LogP contribution in [0.25, 0.3) is 0 Å². The lowest BCUT2D eigenvalue weighted by atomic mass is 10.3. The smallest absolute Gasteiger partial charge is 0.277 e. The highest BCUT2D eigenvalue weighted by molar-refractivity contribution is 7.99. The fraction of sp³-hybridized carbons (Fsp3) is 0.333. The molecule has 8 nitrogen and oxygen atoms in total. The summed E-state index contributed by atoms with van der Waals surface area (Å²) in [5.74, 6) is -0.237. The van der Waals surface area contributed by atoms with Crippen molar-refractivity contribution in [2.24, 2.45) is 0 Å². The fourth-order valence-electron chi connectivity index (χ4n) is 1.66. The van der Waals surface area contributed by atoms with E-state index in [4.69, 9.17) is 9.15 Å². The molecule has 0 aliphatic rings. The van der Waals surface area contributed by atoms with Gasteiger partial charge in [-0.05, 0) is 31.2 Å². The number of hydrogen-bond donors (Lipinski definition) is 2. The summed E-state index contributed by atoms with van der Waals surface area (Å²) in [6.45, 7) is 1.62. The maximum atomic E-state index is 12.9. The highest BCUT2D eigenvalue weighted by Gasteiger charge is 2.17. The lowest BCUT2D eigenvalue weighted by molar-refractivity contribution is -0.124. The van der Waals surface area contributed by atoms with Crippen molar-refractivity contribution >= 4 is 23.6 Å². The van der Waals surface area contributed by atoms with Gasteiger partial charge in [-0.3, -0.25) is 9.59 Å². The topological polar surface area (TPSA) is 106 Å².